The molecule has 0 aromatic heterocycles. The number of benzene rings is 1. The fourth-order valence-corrected chi connectivity index (χ4v) is 1.41. The molecule has 0 fully saturated rings. The van der Waals surface area contributed by atoms with E-state index in [0.29, 0.717) is 0 Å². The Bertz CT molecular complexity index is 419. The summed E-state index contributed by atoms with van der Waals surface area (Å²) < 4.78 is 79.2. The first-order valence-electron chi connectivity index (χ1n) is 4.46. The number of hydrogen-bond donors (Lipinski definition) is 0. The number of rotatable bonds is 4. The maximum absolute atomic E-state index is 11.9. The van der Waals surface area contributed by atoms with Crippen molar-refractivity contribution in [2.24, 2.45) is 0 Å². The maximum Gasteiger partial charge on any atom is 0.573 e. The van der Waals surface area contributed by atoms with Crippen molar-refractivity contribution in [3.8, 4) is 11.5 Å². The first-order chi connectivity index (χ1) is 8.07. The molecule has 1 rings (SSSR count). The molecule has 10 heteroatoms. The molecular weight excluding hydrogens is 333 g/mol. The van der Waals surface area contributed by atoms with Crippen LogP contribution in [0, 0.1) is 0 Å². The highest BCUT2D eigenvalue weighted by atomic mass is 79.9. The Kier molecular flexibility index (Phi) is 4.41. The van der Waals surface area contributed by atoms with E-state index in [-0.39, 0.29) is 10.2 Å². The van der Waals surface area contributed by atoms with Gasteiger partial charge in [0.25, 0.3) is 0 Å². The molecule has 18 heavy (non-hydrogen) atoms. The van der Waals surface area contributed by atoms with Gasteiger partial charge in [-0.05, 0) is 34.1 Å². The Hall–Kier alpha value is -1.06. The number of hydrogen-bond acceptors (Lipinski definition) is 2. The second-order valence-electron chi connectivity index (χ2n) is 3.16. The third-order valence-corrected chi connectivity index (χ3v) is 2.19. The minimum atomic E-state index is -5.12. The molecule has 0 N–H and O–H groups in total. The quantitative estimate of drug-likeness (QED) is 0.608. The summed E-state index contributed by atoms with van der Waals surface area (Å²) in [7, 11) is 0. The van der Waals surface area contributed by atoms with Crippen LogP contribution in [0.3, 0.4) is 0 Å². The molecule has 0 aliphatic heterocycles. The van der Waals surface area contributed by atoms with Gasteiger partial charge in [0.05, 0.1) is 11.0 Å². The van der Waals surface area contributed by atoms with E-state index in [1.165, 1.54) is 0 Å². The largest absolute Gasteiger partial charge is 0.573 e. The van der Waals surface area contributed by atoms with Crippen LogP contribution in [0.15, 0.2) is 22.7 Å². The van der Waals surface area contributed by atoms with Crippen molar-refractivity contribution in [1.29, 1.82) is 0 Å². The van der Waals surface area contributed by atoms with Crippen LogP contribution in [-0.4, -0.2) is 19.8 Å². The summed E-state index contributed by atoms with van der Waals surface area (Å²) >= 11 is 2.74. The fraction of sp³-hybridized carbons (Fsp3) is 0.250. The maximum atomic E-state index is 11.9. The summed E-state index contributed by atoms with van der Waals surface area (Å²) in [6, 6.07) is 2.77. The van der Waals surface area contributed by atoms with Crippen molar-refractivity contribution >= 4 is 22.9 Å². The van der Waals surface area contributed by atoms with E-state index in [4.69, 9.17) is 0 Å². The van der Waals surface area contributed by atoms with Crippen LogP contribution in [0.25, 0.3) is 0 Å². The zero-order valence-corrected chi connectivity index (χ0v) is 10.1. The van der Waals surface area contributed by atoms with Crippen molar-refractivity contribution in [1.82, 2.24) is 0 Å². The van der Waals surface area contributed by atoms with Gasteiger partial charge >= 0.3 is 13.3 Å². The van der Waals surface area contributed by atoms with Crippen molar-refractivity contribution in [2.75, 3.05) is 6.51 Å². The monoisotopic (exact) mass is 337 g/mol. The van der Waals surface area contributed by atoms with Gasteiger partial charge in [-0.2, -0.15) is 0 Å². The number of halogens is 7. The smallest absolute Gasteiger partial charge is 0.522 e. The molecule has 0 radical (unpaired) electrons. The molecule has 0 saturated heterocycles. The van der Waals surface area contributed by atoms with Gasteiger partial charge in [0.15, 0.2) is 0 Å². The molecule has 1 aromatic carbocycles. The van der Waals surface area contributed by atoms with E-state index in [1.807, 2.05) is 0 Å². The van der Waals surface area contributed by atoms with Gasteiger partial charge in [0, 0.05) is 0 Å². The van der Waals surface area contributed by atoms with Gasteiger partial charge in [-0.15, -0.1) is 13.2 Å². The molecule has 0 atom stereocenters. The number of ether oxygens (including phenoxy) is 2. The molecule has 1 aromatic rings. The highest BCUT2D eigenvalue weighted by Gasteiger charge is 2.32. The Morgan fingerprint density at radius 1 is 1.17 bits per heavy atom. The third-order valence-electron chi connectivity index (χ3n) is 1.57. The lowest BCUT2D eigenvalue weighted by Crippen LogP contribution is -2.26. The lowest BCUT2D eigenvalue weighted by molar-refractivity contribution is -0.274. The highest BCUT2D eigenvalue weighted by molar-refractivity contribution is 9.10. The van der Waals surface area contributed by atoms with Gasteiger partial charge in [0.2, 0.25) is 0 Å². The SMILES string of the molecule is F[B-](F)(F)COc1ccc(OC(F)(F)F)c(Br)c1. The van der Waals surface area contributed by atoms with E-state index in [9.17, 15) is 26.1 Å². The van der Waals surface area contributed by atoms with Crippen LogP contribution in [0.4, 0.5) is 26.1 Å². The first kappa shape index (κ1) is 15.0. The summed E-state index contributed by atoms with van der Waals surface area (Å²) in [5.41, 5.74) is 0. The van der Waals surface area contributed by atoms with Crippen molar-refractivity contribution in [3.05, 3.63) is 22.7 Å². The molecule has 0 heterocycles. The van der Waals surface area contributed by atoms with E-state index in [1.54, 1.807) is 0 Å². The summed E-state index contributed by atoms with van der Waals surface area (Å²) in [6.07, 6.45) is -4.88. The second kappa shape index (κ2) is 5.29. The fourth-order valence-electron chi connectivity index (χ4n) is 0.970. The zero-order chi connectivity index (χ0) is 14.0. The molecule has 0 aliphatic carbocycles. The van der Waals surface area contributed by atoms with E-state index < -0.39 is 25.6 Å². The van der Waals surface area contributed by atoms with Crippen LogP contribution >= 0.6 is 15.9 Å². The number of alkyl halides is 3. The van der Waals surface area contributed by atoms with Gasteiger partial charge in [-0.25, -0.2) is 0 Å². The van der Waals surface area contributed by atoms with Crippen LogP contribution in [0.1, 0.15) is 0 Å². The average Bonchev–Trinajstić information content (AvgIpc) is 2.15. The molecule has 0 aliphatic rings. The van der Waals surface area contributed by atoms with Crippen molar-refractivity contribution in [2.45, 2.75) is 6.36 Å². The Morgan fingerprint density at radius 2 is 1.78 bits per heavy atom. The molecule has 0 bridgehead atoms. The van der Waals surface area contributed by atoms with Gasteiger partial charge in [-0.1, -0.05) is 0 Å². The molecular formula is C8H5BBrF6O2-. The molecule has 0 unspecified atom stereocenters. The molecule has 102 valence electrons. The van der Waals surface area contributed by atoms with Gasteiger partial charge in [-0.3, -0.25) is 0 Å². The van der Waals surface area contributed by atoms with E-state index in [0.717, 1.165) is 18.2 Å². The summed E-state index contributed by atoms with van der Waals surface area (Å²) in [5, 5.41) is 0. The Morgan fingerprint density at radius 3 is 2.22 bits per heavy atom. The Balaban J connectivity index is 2.74. The standard InChI is InChI=1S/C8H5BBrF6O2/c10-6-3-5(17-4-9(14,15)16)1-2-7(6)18-8(11,12)13/h1-3H,4H2/q-1. The second-order valence-corrected chi connectivity index (χ2v) is 4.02. The van der Waals surface area contributed by atoms with Crippen molar-refractivity contribution in [3.63, 3.8) is 0 Å². The highest BCUT2D eigenvalue weighted by Crippen LogP contribution is 2.33. The summed E-state index contributed by atoms with van der Waals surface area (Å²) in [6.45, 7) is -6.59. The molecule has 0 amide bonds. The van der Waals surface area contributed by atoms with Crippen LogP contribution in [-0.2, 0) is 0 Å². The van der Waals surface area contributed by atoms with Crippen LogP contribution in [0.5, 0.6) is 11.5 Å². The molecule has 2 nitrogen and oxygen atoms in total. The van der Waals surface area contributed by atoms with Crippen LogP contribution in [0.2, 0.25) is 0 Å². The zero-order valence-electron chi connectivity index (χ0n) is 8.48. The van der Waals surface area contributed by atoms with E-state index in [2.05, 4.69) is 25.4 Å². The lowest BCUT2D eigenvalue weighted by atomic mass is 9.95. The predicted octanol–water partition coefficient (Wildman–Crippen LogP) is 4.11. The Labute approximate surface area is 106 Å². The molecule has 0 spiro atoms. The first-order valence-corrected chi connectivity index (χ1v) is 5.25. The van der Waals surface area contributed by atoms with E-state index >= 15 is 0 Å². The minimum absolute atomic E-state index is 0.160. The van der Waals surface area contributed by atoms with Gasteiger partial charge in [0.1, 0.15) is 11.5 Å². The van der Waals surface area contributed by atoms with Crippen molar-refractivity contribution < 1.29 is 35.6 Å². The lowest BCUT2D eigenvalue weighted by Gasteiger charge is -2.16. The van der Waals surface area contributed by atoms with Crippen LogP contribution < -0.4 is 9.47 Å². The summed E-state index contributed by atoms with van der Waals surface area (Å²) in [4.78, 5) is 0. The topological polar surface area (TPSA) is 18.5 Å². The minimum Gasteiger partial charge on any atom is -0.522 e. The molecule has 0 saturated carbocycles. The average molecular weight is 338 g/mol. The van der Waals surface area contributed by atoms with Gasteiger partial charge < -0.3 is 22.4 Å². The summed E-state index contributed by atoms with van der Waals surface area (Å²) in [5.74, 6) is -0.775. The predicted molar refractivity (Wildman–Crippen MR) is 55.4 cm³/mol. The third kappa shape index (κ3) is 5.52. The normalized spacial score (nSPS) is 12.4.